The van der Waals surface area contributed by atoms with E-state index in [1.807, 2.05) is 59.5 Å². The van der Waals surface area contributed by atoms with E-state index in [-0.39, 0.29) is 22.9 Å². The van der Waals surface area contributed by atoms with Crippen LogP contribution in [0.2, 0.25) is 0 Å². The number of pyridine rings is 1. The number of nitro benzene ring substituents is 1. The highest BCUT2D eigenvalue weighted by molar-refractivity contribution is 6.18. The molecule has 0 bridgehead atoms. The Labute approximate surface area is 234 Å². The molecule has 41 heavy (non-hydrogen) atoms. The van der Waals surface area contributed by atoms with Crippen LogP contribution in [-0.4, -0.2) is 39.5 Å². The first-order valence-electron chi connectivity index (χ1n) is 13.1. The average molecular weight is 543 g/mol. The molecule has 1 amide bonds. The van der Waals surface area contributed by atoms with Gasteiger partial charge in [-0.25, -0.2) is 0 Å². The van der Waals surface area contributed by atoms with Crippen LogP contribution >= 0.6 is 0 Å². The third kappa shape index (κ3) is 3.42. The van der Waals surface area contributed by atoms with Crippen LogP contribution in [0, 0.1) is 16.0 Å². The smallest absolute Gasteiger partial charge is 0.269 e. The molecule has 9 nitrogen and oxygen atoms in total. The Morgan fingerprint density at radius 1 is 0.902 bits per heavy atom. The number of amides is 1. The van der Waals surface area contributed by atoms with Crippen molar-refractivity contribution in [2.75, 3.05) is 10.2 Å². The average Bonchev–Trinajstić information content (AvgIpc) is 3.49. The van der Waals surface area contributed by atoms with Gasteiger partial charge in [0.1, 0.15) is 17.2 Å². The predicted molar refractivity (Wildman–Crippen MR) is 152 cm³/mol. The molecule has 4 atom stereocenters. The monoisotopic (exact) mass is 542 g/mol. The van der Waals surface area contributed by atoms with Gasteiger partial charge in [-0.3, -0.25) is 29.5 Å². The van der Waals surface area contributed by atoms with Crippen molar-refractivity contribution in [3.05, 3.63) is 136 Å². The number of rotatable bonds is 5. The van der Waals surface area contributed by atoms with Gasteiger partial charge in [0, 0.05) is 35.3 Å². The van der Waals surface area contributed by atoms with E-state index in [1.165, 1.54) is 30.5 Å². The van der Waals surface area contributed by atoms with Gasteiger partial charge in [-0.2, -0.15) is 0 Å². The second kappa shape index (κ2) is 9.06. The lowest BCUT2D eigenvalue weighted by molar-refractivity contribution is -0.384. The fourth-order valence-electron chi connectivity index (χ4n) is 6.71. The number of carbonyl (C=O) groups excluding carboxylic acids is 3. The predicted octanol–water partition coefficient (Wildman–Crippen LogP) is 4.85. The van der Waals surface area contributed by atoms with Crippen molar-refractivity contribution < 1.29 is 19.3 Å². The molecule has 1 aromatic heterocycles. The maximum atomic E-state index is 14.6. The highest BCUT2D eigenvalue weighted by Crippen LogP contribution is 2.58. The summed E-state index contributed by atoms with van der Waals surface area (Å²) in [4.78, 5) is 60.3. The zero-order chi connectivity index (χ0) is 28.3. The van der Waals surface area contributed by atoms with Crippen molar-refractivity contribution in [2.45, 2.75) is 17.5 Å². The van der Waals surface area contributed by atoms with Crippen molar-refractivity contribution in [1.82, 2.24) is 4.98 Å². The summed E-state index contributed by atoms with van der Waals surface area (Å²) in [7, 11) is 0. The summed E-state index contributed by atoms with van der Waals surface area (Å²) in [6, 6.07) is 23.3. The molecule has 200 valence electrons. The molecule has 1 fully saturated rings. The number of nitro groups is 1. The number of anilines is 2. The first-order valence-corrected chi connectivity index (χ1v) is 13.1. The molecular formula is C32H22N4O5. The van der Waals surface area contributed by atoms with E-state index in [9.17, 15) is 24.5 Å². The van der Waals surface area contributed by atoms with Gasteiger partial charge < -0.3 is 10.2 Å². The summed E-state index contributed by atoms with van der Waals surface area (Å²) in [5, 5.41) is 14.3. The minimum absolute atomic E-state index is 0.146. The first-order chi connectivity index (χ1) is 19.9. The normalized spacial score (nSPS) is 23.5. The maximum absolute atomic E-state index is 14.6. The molecule has 0 saturated carbocycles. The molecule has 4 aromatic rings. The SMILES string of the molecule is O=C(c1ccc([N+](=O)[O-])cc1)[C@@H]1[C@H](C(=O)c2ccccn2)[C@@]2(C(=O)Nc3ccccc32)[C@H]2C=Cc3ccccc3N12. The van der Waals surface area contributed by atoms with Crippen LogP contribution in [0.3, 0.4) is 0 Å². The molecule has 3 aromatic carbocycles. The Bertz CT molecular complexity index is 1790. The Hall–Kier alpha value is -5.44. The van der Waals surface area contributed by atoms with Crippen molar-refractivity contribution in [1.29, 1.82) is 0 Å². The van der Waals surface area contributed by atoms with Crippen LogP contribution in [0.15, 0.2) is 103 Å². The molecule has 1 spiro atoms. The lowest BCUT2D eigenvalue weighted by Gasteiger charge is -2.37. The number of benzene rings is 3. The number of carbonyl (C=O) groups is 3. The summed E-state index contributed by atoms with van der Waals surface area (Å²) < 4.78 is 0. The number of aromatic nitrogens is 1. The fraction of sp³-hybridized carbons (Fsp3) is 0.125. The fourth-order valence-corrected chi connectivity index (χ4v) is 6.71. The lowest BCUT2D eigenvalue weighted by atomic mass is 9.64. The number of nitrogens with one attached hydrogen (secondary N) is 1. The van der Waals surface area contributed by atoms with E-state index in [0.29, 0.717) is 16.9 Å². The van der Waals surface area contributed by atoms with E-state index in [1.54, 1.807) is 24.3 Å². The molecule has 0 aliphatic carbocycles. The van der Waals surface area contributed by atoms with Gasteiger partial charge in [0.05, 0.1) is 16.9 Å². The highest BCUT2D eigenvalue weighted by atomic mass is 16.6. The van der Waals surface area contributed by atoms with Crippen LogP contribution in [0.1, 0.15) is 32.0 Å². The second-order valence-electron chi connectivity index (χ2n) is 10.3. The summed E-state index contributed by atoms with van der Waals surface area (Å²) in [6.45, 7) is 0. The van der Waals surface area contributed by atoms with Gasteiger partial charge >= 0.3 is 0 Å². The van der Waals surface area contributed by atoms with Crippen LogP contribution < -0.4 is 10.2 Å². The number of hydrogen-bond donors (Lipinski definition) is 1. The van der Waals surface area contributed by atoms with Gasteiger partial charge in [-0.05, 0) is 47.5 Å². The van der Waals surface area contributed by atoms with Crippen LogP contribution in [0.5, 0.6) is 0 Å². The molecule has 7 rings (SSSR count). The van der Waals surface area contributed by atoms with E-state index in [2.05, 4.69) is 10.3 Å². The standard InChI is InChI=1S/C32H22N4O5/c37-29(20-12-15-21(16-13-20)36(40)41)28-27(30(38)24-10-5-6-18-33-24)32(22-8-2-3-9-23(22)34-31(32)39)26-17-14-19-7-1-4-11-25(19)35(26)28/h1-18,26-28H,(H,34,39)/t26-,27-,28+,32+/m1/s1. The molecule has 1 N–H and O–H groups in total. The maximum Gasteiger partial charge on any atom is 0.269 e. The van der Waals surface area contributed by atoms with Gasteiger partial charge in [0.15, 0.2) is 11.6 Å². The van der Waals surface area contributed by atoms with Gasteiger partial charge in [-0.1, -0.05) is 54.6 Å². The zero-order valence-electron chi connectivity index (χ0n) is 21.5. The second-order valence-corrected chi connectivity index (χ2v) is 10.3. The third-order valence-electron chi connectivity index (χ3n) is 8.37. The third-order valence-corrected chi connectivity index (χ3v) is 8.37. The van der Waals surface area contributed by atoms with Crippen molar-refractivity contribution in [3.8, 4) is 0 Å². The Morgan fingerprint density at radius 2 is 1.63 bits per heavy atom. The molecule has 3 aliphatic rings. The molecule has 4 heterocycles. The number of nitrogens with zero attached hydrogens (tertiary/aromatic N) is 3. The van der Waals surface area contributed by atoms with Gasteiger partial charge in [-0.15, -0.1) is 0 Å². The first kappa shape index (κ1) is 24.6. The largest absolute Gasteiger partial charge is 0.352 e. The zero-order valence-corrected chi connectivity index (χ0v) is 21.5. The van der Waals surface area contributed by atoms with Crippen LogP contribution in [0.25, 0.3) is 6.08 Å². The molecular weight excluding hydrogens is 520 g/mol. The Morgan fingerprint density at radius 3 is 2.39 bits per heavy atom. The highest BCUT2D eigenvalue weighted by Gasteiger charge is 2.70. The number of fused-ring (bicyclic) bond motifs is 6. The van der Waals surface area contributed by atoms with Gasteiger partial charge in [0.25, 0.3) is 5.69 Å². The summed E-state index contributed by atoms with van der Waals surface area (Å²) in [6.07, 6.45) is 5.33. The number of non-ortho nitro benzene ring substituents is 1. The number of hydrogen-bond acceptors (Lipinski definition) is 7. The minimum atomic E-state index is -1.45. The topological polar surface area (TPSA) is 123 Å². The van der Waals surface area contributed by atoms with E-state index in [0.717, 1.165) is 5.56 Å². The van der Waals surface area contributed by atoms with E-state index < -0.39 is 39.9 Å². The Balaban J connectivity index is 1.51. The summed E-state index contributed by atoms with van der Waals surface area (Å²) in [5.74, 6) is -2.38. The molecule has 3 aliphatic heterocycles. The van der Waals surface area contributed by atoms with Crippen molar-refractivity contribution in [3.63, 3.8) is 0 Å². The number of para-hydroxylation sites is 2. The van der Waals surface area contributed by atoms with E-state index >= 15 is 0 Å². The lowest BCUT2D eigenvalue weighted by Crippen LogP contribution is -2.51. The minimum Gasteiger partial charge on any atom is -0.352 e. The van der Waals surface area contributed by atoms with Crippen LogP contribution in [0.4, 0.5) is 17.1 Å². The van der Waals surface area contributed by atoms with E-state index in [4.69, 9.17) is 0 Å². The quantitative estimate of drug-likeness (QED) is 0.217. The van der Waals surface area contributed by atoms with Crippen LogP contribution in [-0.2, 0) is 10.2 Å². The number of Topliss-reactive ketones (excluding diaryl/α,β-unsaturated/α-hetero) is 2. The van der Waals surface area contributed by atoms with Crippen molar-refractivity contribution in [2.24, 2.45) is 5.92 Å². The molecule has 0 unspecified atom stereocenters. The molecule has 0 radical (unpaired) electrons. The summed E-state index contributed by atoms with van der Waals surface area (Å²) in [5.41, 5.74) is 1.53. The molecule has 9 heteroatoms. The Kier molecular flexibility index (Phi) is 5.43. The number of ketones is 2. The molecule has 1 saturated heterocycles. The van der Waals surface area contributed by atoms with Gasteiger partial charge in [0.2, 0.25) is 5.91 Å². The summed E-state index contributed by atoms with van der Waals surface area (Å²) >= 11 is 0. The van der Waals surface area contributed by atoms with Crippen molar-refractivity contribution >= 4 is 40.6 Å².